The largest absolute Gasteiger partial charge is 0.409 e. The topological polar surface area (TPSA) is 113 Å². The van der Waals surface area contributed by atoms with Gasteiger partial charge in [-0.1, -0.05) is 17.1 Å². The van der Waals surface area contributed by atoms with Crippen LogP contribution in [-0.4, -0.2) is 51.0 Å². The van der Waals surface area contributed by atoms with Crippen LogP contribution in [0.25, 0.3) is 0 Å². The van der Waals surface area contributed by atoms with E-state index in [4.69, 9.17) is 10.9 Å². The van der Waals surface area contributed by atoms with Crippen LogP contribution in [0.15, 0.2) is 9.78 Å². The second-order valence-electron chi connectivity index (χ2n) is 3.98. The molecule has 0 saturated carbocycles. The van der Waals surface area contributed by atoms with Gasteiger partial charge in [-0.05, 0) is 29.4 Å². The minimum absolute atomic E-state index is 0.111. The van der Waals surface area contributed by atoms with Crippen LogP contribution in [0.1, 0.15) is 18.5 Å². The average molecular weight is 272 g/mol. The summed E-state index contributed by atoms with van der Waals surface area (Å²) in [6.45, 7) is 2.03. The lowest BCUT2D eigenvalue weighted by atomic mass is 10.1. The molecule has 0 aliphatic carbocycles. The van der Waals surface area contributed by atoms with Gasteiger partial charge in [0.15, 0.2) is 11.5 Å². The van der Waals surface area contributed by atoms with Gasteiger partial charge in [-0.2, -0.15) is 0 Å². The maximum atomic E-state index is 8.62. The van der Waals surface area contributed by atoms with Gasteiger partial charge in [0.05, 0.1) is 0 Å². The summed E-state index contributed by atoms with van der Waals surface area (Å²) in [5.41, 5.74) is 5.71. The quantitative estimate of drug-likeness (QED) is 0.236. The molecule has 0 atom stereocenters. The SMILES string of the molecule is CSN1CCC(Nc2nonc2/C(N)=N/O)CC1. The third-order valence-electron chi connectivity index (χ3n) is 2.89. The lowest BCUT2D eigenvalue weighted by Gasteiger charge is -2.30. The number of hydrogen-bond acceptors (Lipinski definition) is 8. The van der Waals surface area contributed by atoms with Crippen molar-refractivity contribution in [2.45, 2.75) is 18.9 Å². The van der Waals surface area contributed by atoms with Crippen LogP contribution >= 0.6 is 11.9 Å². The van der Waals surface area contributed by atoms with Gasteiger partial charge in [-0.3, -0.25) is 4.31 Å². The number of anilines is 1. The Bertz CT molecular complexity index is 415. The number of nitrogens with one attached hydrogen (secondary N) is 1. The summed E-state index contributed by atoms with van der Waals surface area (Å²) in [6.07, 6.45) is 4.08. The van der Waals surface area contributed by atoms with Crippen LogP contribution in [0, 0.1) is 0 Å². The van der Waals surface area contributed by atoms with E-state index in [0.29, 0.717) is 11.9 Å². The molecule has 1 aromatic rings. The van der Waals surface area contributed by atoms with Crippen molar-refractivity contribution < 1.29 is 9.84 Å². The minimum Gasteiger partial charge on any atom is -0.409 e. The van der Waals surface area contributed by atoms with Crippen LogP contribution in [0.4, 0.5) is 5.82 Å². The zero-order chi connectivity index (χ0) is 13.0. The molecule has 1 aliphatic heterocycles. The van der Waals surface area contributed by atoms with Crippen LogP contribution in [-0.2, 0) is 0 Å². The van der Waals surface area contributed by atoms with Gasteiger partial charge in [-0.25, -0.2) is 4.63 Å². The van der Waals surface area contributed by atoms with Crippen molar-refractivity contribution in [3.05, 3.63) is 5.69 Å². The predicted molar refractivity (Wildman–Crippen MR) is 68.5 cm³/mol. The Labute approximate surface area is 109 Å². The second kappa shape index (κ2) is 5.91. The molecule has 0 unspecified atom stereocenters. The van der Waals surface area contributed by atoms with Gasteiger partial charge in [0.1, 0.15) is 0 Å². The third kappa shape index (κ3) is 2.85. The zero-order valence-corrected chi connectivity index (χ0v) is 10.9. The number of aromatic nitrogens is 2. The van der Waals surface area contributed by atoms with Crippen LogP contribution in [0.2, 0.25) is 0 Å². The molecule has 1 aliphatic rings. The van der Waals surface area contributed by atoms with Crippen molar-refractivity contribution in [2.24, 2.45) is 10.9 Å². The minimum atomic E-state index is -0.111. The number of piperidine rings is 1. The molecule has 0 radical (unpaired) electrons. The summed E-state index contributed by atoms with van der Waals surface area (Å²) in [4.78, 5) is 0. The predicted octanol–water partition coefficient (Wildman–Crippen LogP) is 0.318. The summed E-state index contributed by atoms with van der Waals surface area (Å²) >= 11 is 1.75. The van der Waals surface area contributed by atoms with Crippen molar-refractivity contribution >= 4 is 23.6 Å². The first-order valence-electron chi connectivity index (χ1n) is 5.60. The molecule has 2 heterocycles. The molecular formula is C9H16N6O2S. The molecule has 0 aromatic carbocycles. The Morgan fingerprint density at radius 3 is 2.89 bits per heavy atom. The Kier molecular flexibility index (Phi) is 4.26. The molecule has 9 heteroatoms. The smallest absolute Gasteiger partial charge is 0.202 e. The highest BCUT2D eigenvalue weighted by Crippen LogP contribution is 2.20. The highest BCUT2D eigenvalue weighted by molar-refractivity contribution is 7.96. The number of nitrogens with two attached hydrogens (primary N) is 1. The first-order valence-corrected chi connectivity index (χ1v) is 6.78. The number of amidine groups is 1. The van der Waals surface area contributed by atoms with Crippen molar-refractivity contribution in [3.8, 4) is 0 Å². The molecule has 1 aromatic heterocycles. The molecule has 1 saturated heterocycles. The summed E-state index contributed by atoms with van der Waals surface area (Å²) in [5, 5.41) is 22.1. The van der Waals surface area contributed by atoms with E-state index in [9.17, 15) is 0 Å². The molecule has 4 N–H and O–H groups in total. The first-order chi connectivity index (χ1) is 8.74. The number of hydrogen-bond donors (Lipinski definition) is 3. The van der Waals surface area contributed by atoms with E-state index in [1.807, 2.05) is 0 Å². The zero-order valence-electron chi connectivity index (χ0n) is 10.0. The third-order valence-corrected chi connectivity index (χ3v) is 3.77. The molecular weight excluding hydrogens is 256 g/mol. The van der Waals surface area contributed by atoms with Crippen LogP contribution < -0.4 is 11.1 Å². The van der Waals surface area contributed by atoms with Crippen LogP contribution in [0.3, 0.4) is 0 Å². The number of oxime groups is 1. The normalized spacial score (nSPS) is 19.1. The van der Waals surface area contributed by atoms with E-state index in [2.05, 4.69) is 36.0 Å². The second-order valence-corrected chi connectivity index (χ2v) is 4.86. The molecule has 8 nitrogen and oxygen atoms in total. The fourth-order valence-electron chi connectivity index (χ4n) is 1.87. The number of nitrogens with zero attached hydrogens (tertiary/aromatic N) is 4. The Balaban J connectivity index is 1.96. The van der Waals surface area contributed by atoms with Gasteiger partial charge < -0.3 is 16.3 Å². The Morgan fingerprint density at radius 1 is 1.56 bits per heavy atom. The van der Waals surface area contributed by atoms with Gasteiger partial charge in [0, 0.05) is 19.1 Å². The maximum absolute atomic E-state index is 8.62. The summed E-state index contributed by atoms with van der Waals surface area (Å²) < 4.78 is 6.91. The summed E-state index contributed by atoms with van der Waals surface area (Å²) in [6, 6.07) is 0.297. The van der Waals surface area contributed by atoms with Gasteiger partial charge in [0.25, 0.3) is 0 Å². The molecule has 0 amide bonds. The molecule has 0 bridgehead atoms. The molecule has 2 rings (SSSR count). The molecule has 0 spiro atoms. The summed E-state index contributed by atoms with van der Waals surface area (Å²) in [7, 11) is 0. The maximum Gasteiger partial charge on any atom is 0.202 e. The lowest BCUT2D eigenvalue weighted by molar-refractivity contribution is 0.303. The monoisotopic (exact) mass is 272 g/mol. The Morgan fingerprint density at radius 2 is 2.28 bits per heavy atom. The fraction of sp³-hybridized carbons (Fsp3) is 0.667. The van der Waals surface area contributed by atoms with Crippen molar-refractivity contribution in [2.75, 3.05) is 24.7 Å². The van der Waals surface area contributed by atoms with Gasteiger partial charge in [-0.15, -0.1) is 0 Å². The van der Waals surface area contributed by atoms with E-state index in [1.54, 1.807) is 11.9 Å². The molecule has 18 heavy (non-hydrogen) atoms. The van der Waals surface area contributed by atoms with Gasteiger partial charge >= 0.3 is 0 Å². The fourth-order valence-corrected chi connectivity index (χ4v) is 2.45. The number of rotatable bonds is 4. The first kappa shape index (κ1) is 13.0. The highest BCUT2D eigenvalue weighted by Gasteiger charge is 2.22. The average Bonchev–Trinajstić information content (AvgIpc) is 2.87. The van der Waals surface area contributed by atoms with E-state index in [-0.39, 0.29) is 11.5 Å². The standard InChI is InChI=1S/C9H16N6O2S/c1-18-15-4-2-6(3-5-15)11-9-7(8(10)12-16)13-17-14-9/h6,16H,2-5H2,1H3,(H2,10,12)(H,11,14). The van der Waals surface area contributed by atoms with Crippen molar-refractivity contribution in [1.82, 2.24) is 14.6 Å². The lowest BCUT2D eigenvalue weighted by Crippen LogP contribution is -2.36. The summed E-state index contributed by atoms with van der Waals surface area (Å²) in [5.74, 6) is 0.313. The van der Waals surface area contributed by atoms with E-state index in [1.165, 1.54) is 0 Å². The molecule has 100 valence electrons. The van der Waals surface area contributed by atoms with Crippen molar-refractivity contribution in [3.63, 3.8) is 0 Å². The van der Waals surface area contributed by atoms with Crippen LogP contribution in [0.5, 0.6) is 0 Å². The van der Waals surface area contributed by atoms with E-state index < -0.39 is 0 Å². The Hall–Kier alpha value is -1.48. The highest BCUT2D eigenvalue weighted by atomic mass is 32.2. The van der Waals surface area contributed by atoms with E-state index >= 15 is 0 Å². The van der Waals surface area contributed by atoms with Crippen molar-refractivity contribution in [1.29, 1.82) is 0 Å². The molecule has 1 fully saturated rings. The van der Waals surface area contributed by atoms with E-state index in [0.717, 1.165) is 25.9 Å². The van der Waals surface area contributed by atoms with Gasteiger partial charge in [0.2, 0.25) is 5.82 Å².